The van der Waals surface area contributed by atoms with Crippen molar-refractivity contribution in [2.75, 3.05) is 13.1 Å². The van der Waals surface area contributed by atoms with E-state index in [-0.39, 0.29) is 29.6 Å². The van der Waals surface area contributed by atoms with Gasteiger partial charge in [0.05, 0.1) is 4.45 Å². The Morgan fingerprint density at radius 3 is 1.80 bits per heavy atom. The maximum atomic E-state index is 9.12. The van der Waals surface area contributed by atoms with E-state index in [2.05, 4.69) is 30.6 Å². The number of nitrogens with one attached hydrogen (secondary N) is 1. The first-order valence-corrected chi connectivity index (χ1v) is 3.69. The zero-order valence-electron chi connectivity index (χ0n) is 6.09. The molecule has 0 saturated carbocycles. The third-order valence-electron chi connectivity index (χ3n) is 0.957. The van der Waals surface area contributed by atoms with Gasteiger partial charge in [0, 0.05) is 0 Å². The van der Waals surface area contributed by atoms with Gasteiger partial charge in [-0.3, -0.25) is 0 Å². The average Bonchev–Trinajstić information content (AvgIpc) is 2.11. The fraction of sp³-hybridized carbons (Fsp3) is 0.800. The van der Waals surface area contributed by atoms with Gasteiger partial charge in [-0.2, -0.15) is 0 Å². The molecule has 1 saturated heterocycles. The van der Waals surface area contributed by atoms with Crippen LogP contribution >= 0.6 is 12.6 Å². The van der Waals surface area contributed by atoms with E-state index < -0.39 is 4.45 Å². The summed E-state index contributed by atoms with van der Waals surface area (Å²) >= 11 is 6.99. The van der Waals surface area contributed by atoms with Gasteiger partial charge in [0.2, 0.25) is 0 Å². The van der Waals surface area contributed by atoms with Gasteiger partial charge in [-0.05, 0) is 25.9 Å². The van der Waals surface area contributed by atoms with E-state index in [1.807, 2.05) is 0 Å². The molecule has 10 heavy (non-hydrogen) atoms. The standard InChI is InChI=1S/C4H9N.CH2OS2.Na/c1-2-4-5-3-1;2-1(3)4;/h5H,1-4H2;(H2,2,3,4);/q;;+1/p-1. The van der Waals surface area contributed by atoms with Crippen LogP contribution in [0.2, 0.25) is 0 Å². The third-order valence-corrected chi connectivity index (χ3v) is 0.957. The van der Waals surface area contributed by atoms with Gasteiger partial charge in [0.15, 0.2) is 0 Å². The number of carbonyl (C=O) groups excluding carboxylic acids is 1. The molecule has 2 nitrogen and oxygen atoms in total. The van der Waals surface area contributed by atoms with Crippen LogP contribution in [0.15, 0.2) is 0 Å². The van der Waals surface area contributed by atoms with Gasteiger partial charge in [-0.1, -0.05) is 0 Å². The summed E-state index contributed by atoms with van der Waals surface area (Å²) in [5.74, 6) is 0. The molecule has 0 bridgehead atoms. The molecule has 0 aromatic heterocycles. The van der Waals surface area contributed by atoms with Gasteiger partial charge >= 0.3 is 29.6 Å². The maximum absolute atomic E-state index is 9.12. The molecule has 0 aromatic carbocycles. The van der Waals surface area contributed by atoms with Crippen molar-refractivity contribution in [1.82, 2.24) is 5.32 Å². The Morgan fingerprint density at radius 2 is 1.70 bits per heavy atom. The number of thiol groups is 1. The SMILES string of the molecule is C1CCNC1.O=C([S-])S.[Na+]. The maximum Gasteiger partial charge on any atom is 1.00 e. The van der Waals surface area contributed by atoms with E-state index in [9.17, 15) is 0 Å². The fourth-order valence-corrected chi connectivity index (χ4v) is 0.625. The zero-order valence-corrected chi connectivity index (χ0v) is 9.80. The second-order valence-corrected chi connectivity index (χ2v) is 2.80. The van der Waals surface area contributed by atoms with Crippen molar-refractivity contribution >= 4 is 29.7 Å². The predicted molar refractivity (Wildman–Crippen MR) is 43.9 cm³/mol. The Balaban J connectivity index is 0. The van der Waals surface area contributed by atoms with Crippen molar-refractivity contribution in [3.05, 3.63) is 0 Å². The molecule has 1 N–H and O–H groups in total. The van der Waals surface area contributed by atoms with Gasteiger partial charge in [0.1, 0.15) is 0 Å². The molecule has 1 aliphatic rings. The van der Waals surface area contributed by atoms with Crippen molar-refractivity contribution < 1.29 is 34.4 Å². The van der Waals surface area contributed by atoms with Crippen LogP contribution in [0.3, 0.4) is 0 Å². The molecular weight excluding hydrogens is 177 g/mol. The van der Waals surface area contributed by atoms with Crippen molar-refractivity contribution in [2.24, 2.45) is 0 Å². The Morgan fingerprint density at radius 1 is 1.40 bits per heavy atom. The Labute approximate surface area is 94.6 Å². The summed E-state index contributed by atoms with van der Waals surface area (Å²) in [5, 5.41) is 3.22. The van der Waals surface area contributed by atoms with Crippen molar-refractivity contribution in [3.63, 3.8) is 0 Å². The van der Waals surface area contributed by atoms with Crippen LogP contribution < -0.4 is 34.9 Å². The number of hydrogen-bond acceptors (Lipinski definition) is 3. The van der Waals surface area contributed by atoms with E-state index in [0.29, 0.717) is 0 Å². The van der Waals surface area contributed by atoms with E-state index in [1.165, 1.54) is 25.9 Å². The first kappa shape index (κ1) is 13.8. The first-order chi connectivity index (χ1) is 4.23. The minimum atomic E-state index is -0.556. The average molecular weight is 187 g/mol. The van der Waals surface area contributed by atoms with Crippen LogP contribution in [-0.2, 0) is 12.6 Å². The van der Waals surface area contributed by atoms with Crippen molar-refractivity contribution in [1.29, 1.82) is 0 Å². The fourth-order valence-electron chi connectivity index (χ4n) is 0.625. The summed E-state index contributed by atoms with van der Waals surface area (Å²) in [7, 11) is 0. The Bertz CT molecular complexity index is 76.1. The quantitative estimate of drug-likeness (QED) is 0.260. The minimum Gasteiger partial charge on any atom is -0.731 e. The molecule has 5 heteroatoms. The number of rotatable bonds is 0. The summed E-state index contributed by atoms with van der Waals surface area (Å²) in [6, 6.07) is 0. The topological polar surface area (TPSA) is 29.1 Å². The molecule has 1 fully saturated rings. The van der Waals surface area contributed by atoms with E-state index in [0.717, 1.165) is 0 Å². The zero-order chi connectivity index (χ0) is 7.11. The van der Waals surface area contributed by atoms with Crippen molar-refractivity contribution in [2.45, 2.75) is 12.8 Å². The predicted octanol–water partition coefficient (Wildman–Crippen LogP) is -2.04. The van der Waals surface area contributed by atoms with Gasteiger partial charge in [0.25, 0.3) is 0 Å². The monoisotopic (exact) mass is 187 g/mol. The molecule has 1 aliphatic heterocycles. The second-order valence-electron chi connectivity index (χ2n) is 1.72. The van der Waals surface area contributed by atoms with Crippen LogP contribution in [0.4, 0.5) is 4.79 Å². The van der Waals surface area contributed by atoms with Crippen LogP contribution in [0.5, 0.6) is 0 Å². The molecular formula is C5H10NNaOS2. The first-order valence-electron chi connectivity index (χ1n) is 2.84. The molecule has 1 heterocycles. The molecule has 0 aromatic rings. The van der Waals surface area contributed by atoms with Crippen LogP contribution in [0.25, 0.3) is 0 Å². The van der Waals surface area contributed by atoms with Gasteiger partial charge in [-0.25, -0.2) is 0 Å². The summed E-state index contributed by atoms with van der Waals surface area (Å²) in [6.45, 7) is 2.50. The van der Waals surface area contributed by atoms with Gasteiger partial charge < -0.3 is 22.7 Å². The Hall–Kier alpha value is 1.20. The molecule has 0 amide bonds. The molecule has 0 atom stereocenters. The smallest absolute Gasteiger partial charge is 0.731 e. The van der Waals surface area contributed by atoms with Crippen LogP contribution in [-0.4, -0.2) is 17.5 Å². The van der Waals surface area contributed by atoms with Crippen LogP contribution in [0.1, 0.15) is 12.8 Å². The van der Waals surface area contributed by atoms with E-state index in [4.69, 9.17) is 4.79 Å². The van der Waals surface area contributed by atoms with E-state index in [1.54, 1.807) is 0 Å². The molecule has 0 spiro atoms. The molecule has 54 valence electrons. The second kappa shape index (κ2) is 10.2. The number of carbonyl (C=O) groups is 1. The molecule has 0 radical (unpaired) electrons. The molecule has 1 rings (SSSR count). The van der Waals surface area contributed by atoms with Crippen LogP contribution in [0, 0.1) is 0 Å². The summed E-state index contributed by atoms with van der Waals surface area (Å²) in [6.07, 6.45) is 2.78. The summed E-state index contributed by atoms with van der Waals surface area (Å²) < 4.78 is -0.556. The molecule has 0 unspecified atom stereocenters. The van der Waals surface area contributed by atoms with Gasteiger partial charge in [-0.15, -0.1) is 12.6 Å². The normalized spacial score (nSPS) is 14.5. The Kier molecular flexibility index (Phi) is 14.0. The van der Waals surface area contributed by atoms with Crippen molar-refractivity contribution in [3.8, 4) is 0 Å². The largest absolute Gasteiger partial charge is 1.00 e. The minimum absolute atomic E-state index is 0. The summed E-state index contributed by atoms with van der Waals surface area (Å²) in [4.78, 5) is 9.12. The molecule has 0 aliphatic carbocycles. The number of hydrogen-bond donors (Lipinski definition) is 2. The van der Waals surface area contributed by atoms with E-state index >= 15 is 0 Å². The summed E-state index contributed by atoms with van der Waals surface area (Å²) in [5.41, 5.74) is 0. The third kappa shape index (κ3) is 16.1.